The Morgan fingerprint density at radius 1 is 1.28 bits per heavy atom. The second-order valence-electron chi connectivity index (χ2n) is 5.20. The molecule has 2 N–H and O–H groups in total. The lowest BCUT2D eigenvalue weighted by Gasteiger charge is -2.09. The number of halogens is 2. The van der Waals surface area contributed by atoms with Crippen LogP contribution in [0.15, 0.2) is 47.1 Å². The van der Waals surface area contributed by atoms with E-state index in [1.807, 2.05) is 6.07 Å². The number of carbonyl (C=O) groups is 1. The second-order valence-corrected chi connectivity index (χ2v) is 5.61. The van der Waals surface area contributed by atoms with Crippen LogP contribution in [-0.2, 0) is 6.54 Å². The largest absolute Gasteiger partial charge is 0.467 e. The summed E-state index contributed by atoms with van der Waals surface area (Å²) in [7, 11) is 0. The third-order valence-corrected chi connectivity index (χ3v) is 3.56. The number of rotatable bonds is 5. The number of benzene rings is 1. The number of carbonyl (C=O) groups excluding carboxylic acids is 1. The van der Waals surface area contributed by atoms with E-state index in [-0.39, 0.29) is 10.7 Å². The Morgan fingerprint density at radius 3 is 2.84 bits per heavy atom. The van der Waals surface area contributed by atoms with Gasteiger partial charge < -0.3 is 15.1 Å². The highest BCUT2D eigenvalue weighted by Crippen LogP contribution is 2.20. The molecule has 0 saturated carbocycles. The van der Waals surface area contributed by atoms with E-state index in [1.54, 1.807) is 19.3 Å². The number of nitrogens with zero attached hydrogens (tertiary/aromatic N) is 2. The van der Waals surface area contributed by atoms with Crippen LogP contribution in [0.1, 0.15) is 22.1 Å². The summed E-state index contributed by atoms with van der Waals surface area (Å²) >= 11 is 5.71. The number of anilines is 2. The van der Waals surface area contributed by atoms with E-state index < -0.39 is 11.7 Å². The lowest BCUT2D eigenvalue weighted by atomic mass is 10.3. The zero-order valence-corrected chi connectivity index (χ0v) is 14.0. The van der Waals surface area contributed by atoms with Crippen LogP contribution in [0, 0.1) is 12.7 Å². The zero-order chi connectivity index (χ0) is 17.8. The quantitative estimate of drug-likeness (QED) is 0.718. The molecule has 3 aromatic rings. The van der Waals surface area contributed by atoms with Gasteiger partial charge in [0.25, 0.3) is 5.91 Å². The molecule has 0 fully saturated rings. The topological polar surface area (TPSA) is 80.0 Å². The van der Waals surface area contributed by atoms with Crippen LogP contribution in [0.4, 0.5) is 15.9 Å². The Morgan fingerprint density at radius 2 is 2.12 bits per heavy atom. The third-order valence-electron chi connectivity index (χ3n) is 3.27. The monoisotopic (exact) mass is 360 g/mol. The van der Waals surface area contributed by atoms with Crippen LogP contribution in [0.2, 0.25) is 5.02 Å². The highest BCUT2D eigenvalue weighted by atomic mass is 35.5. The Kier molecular flexibility index (Phi) is 4.95. The number of hydrogen-bond donors (Lipinski definition) is 2. The molecule has 128 valence electrons. The second kappa shape index (κ2) is 7.31. The molecule has 1 amide bonds. The molecule has 0 spiro atoms. The van der Waals surface area contributed by atoms with Crippen molar-refractivity contribution in [2.75, 3.05) is 10.6 Å². The summed E-state index contributed by atoms with van der Waals surface area (Å²) in [6, 6.07) is 9.07. The molecule has 0 unspecified atom stereocenters. The van der Waals surface area contributed by atoms with E-state index in [9.17, 15) is 9.18 Å². The average molecular weight is 361 g/mol. The maximum absolute atomic E-state index is 13.2. The first kappa shape index (κ1) is 16.9. The van der Waals surface area contributed by atoms with Crippen LogP contribution < -0.4 is 10.6 Å². The van der Waals surface area contributed by atoms with E-state index in [2.05, 4.69) is 20.6 Å². The Hall–Kier alpha value is -2.93. The maximum atomic E-state index is 13.2. The van der Waals surface area contributed by atoms with Gasteiger partial charge in [-0.1, -0.05) is 11.6 Å². The van der Waals surface area contributed by atoms with Gasteiger partial charge in [0.05, 0.1) is 17.8 Å². The molecular weight excluding hydrogens is 347 g/mol. The fourth-order valence-corrected chi connectivity index (χ4v) is 2.31. The summed E-state index contributed by atoms with van der Waals surface area (Å²) in [5.74, 6) is 0.664. The Balaban J connectivity index is 1.74. The first-order chi connectivity index (χ1) is 12.0. The fourth-order valence-electron chi connectivity index (χ4n) is 2.13. The van der Waals surface area contributed by atoms with Gasteiger partial charge in [-0.15, -0.1) is 0 Å². The van der Waals surface area contributed by atoms with Crippen LogP contribution in [0.25, 0.3) is 0 Å². The minimum atomic E-state index is -0.554. The summed E-state index contributed by atoms with van der Waals surface area (Å²) in [5.41, 5.74) is 0.549. The number of aryl methyl sites for hydroxylation is 1. The number of furan rings is 1. The lowest BCUT2D eigenvalue weighted by Crippen LogP contribution is -2.16. The van der Waals surface area contributed by atoms with Crippen molar-refractivity contribution in [3.8, 4) is 0 Å². The minimum Gasteiger partial charge on any atom is -0.467 e. The van der Waals surface area contributed by atoms with Crippen molar-refractivity contribution in [3.63, 3.8) is 0 Å². The molecule has 2 heterocycles. The molecule has 0 aliphatic carbocycles. The van der Waals surface area contributed by atoms with Gasteiger partial charge in [-0.2, -0.15) is 0 Å². The molecule has 0 bridgehead atoms. The molecule has 2 aromatic heterocycles. The molecule has 8 heteroatoms. The van der Waals surface area contributed by atoms with Crippen molar-refractivity contribution in [1.82, 2.24) is 9.97 Å². The fraction of sp³-hybridized carbons (Fsp3) is 0.118. The SMILES string of the molecule is Cc1nc(NCc2ccco2)cc(C(=O)Nc2ccc(F)c(Cl)c2)n1. The Labute approximate surface area is 148 Å². The van der Waals surface area contributed by atoms with E-state index in [4.69, 9.17) is 16.0 Å². The summed E-state index contributed by atoms with van der Waals surface area (Å²) in [6.07, 6.45) is 1.58. The molecule has 1 aromatic carbocycles. The first-order valence-corrected chi connectivity index (χ1v) is 7.77. The van der Waals surface area contributed by atoms with Crippen LogP contribution in [0.5, 0.6) is 0 Å². The molecule has 0 aliphatic heterocycles. The average Bonchev–Trinajstić information content (AvgIpc) is 3.09. The van der Waals surface area contributed by atoms with Gasteiger partial charge >= 0.3 is 0 Å². The number of aromatic nitrogens is 2. The summed E-state index contributed by atoms with van der Waals surface area (Å²) in [4.78, 5) is 20.7. The standard InChI is InChI=1S/C17H14ClFN4O2/c1-10-21-15(8-16(22-10)20-9-12-3-2-6-25-12)17(24)23-11-4-5-14(19)13(18)7-11/h2-8H,9H2,1H3,(H,23,24)(H,20,21,22). The van der Waals surface area contributed by atoms with Gasteiger partial charge in [0.1, 0.15) is 28.9 Å². The van der Waals surface area contributed by atoms with Crippen molar-refractivity contribution in [2.24, 2.45) is 0 Å². The van der Waals surface area contributed by atoms with Crippen molar-refractivity contribution in [1.29, 1.82) is 0 Å². The predicted molar refractivity (Wildman–Crippen MR) is 92.2 cm³/mol. The molecule has 25 heavy (non-hydrogen) atoms. The van der Waals surface area contributed by atoms with E-state index in [0.29, 0.717) is 23.9 Å². The molecule has 3 rings (SSSR count). The smallest absolute Gasteiger partial charge is 0.274 e. The predicted octanol–water partition coefficient (Wildman–Crippen LogP) is 4.03. The Bertz CT molecular complexity index is 900. The highest BCUT2D eigenvalue weighted by molar-refractivity contribution is 6.31. The number of hydrogen-bond acceptors (Lipinski definition) is 5. The normalized spacial score (nSPS) is 10.5. The molecule has 0 aliphatic rings. The minimum absolute atomic E-state index is 0.0718. The van der Waals surface area contributed by atoms with Crippen molar-refractivity contribution < 1.29 is 13.6 Å². The van der Waals surface area contributed by atoms with Gasteiger partial charge in [0, 0.05) is 11.8 Å². The highest BCUT2D eigenvalue weighted by Gasteiger charge is 2.12. The van der Waals surface area contributed by atoms with Crippen molar-refractivity contribution in [2.45, 2.75) is 13.5 Å². The van der Waals surface area contributed by atoms with Crippen molar-refractivity contribution in [3.05, 3.63) is 70.8 Å². The van der Waals surface area contributed by atoms with E-state index in [0.717, 1.165) is 5.76 Å². The summed E-state index contributed by atoms with van der Waals surface area (Å²) in [6.45, 7) is 2.11. The first-order valence-electron chi connectivity index (χ1n) is 7.39. The molecule has 0 atom stereocenters. The van der Waals surface area contributed by atoms with E-state index in [1.165, 1.54) is 24.3 Å². The zero-order valence-electron chi connectivity index (χ0n) is 13.2. The summed E-state index contributed by atoms with van der Waals surface area (Å²) < 4.78 is 18.4. The third kappa shape index (κ3) is 4.33. The molecule has 0 saturated heterocycles. The molecule has 0 radical (unpaired) electrons. The lowest BCUT2D eigenvalue weighted by molar-refractivity contribution is 0.102. The molecular formula is C17H14ClFN4O2. The van der Waals surface area contributed by atoms with E-state index >= 15 is 0 Å². The summed E-state index contributed by atoms with van der Waals surface area (Å²) in [5, 5.41) is 5.62. The van der Waals surface area contributed by atoms with Crippen LogP contribution in [-0.4, -0.2) is 15.9 Å². The molecule has 6 nitrogen and oxygen atoms in total. The maximum Gasteiger partial charge on any atom is 0.274 e. The number of nitrogens with one attached hydrogen (secondary N) is 2. The van der Waals surface area contributed by atoms with Crippen LogP contribution >= 0.6 is 11.6 Å². The van der Waals surface area contributed by atoms with Gasteiger partial charge in [0.2, 0.25) is 0 Å². The van der Waals surface area contributed by atoms with Gasteiger partial charge in [-0.3, -0.25) is 4.79 Å². The van der Waals surface area contributed by atoms with Gasteiger partial charge in [-0.25, -0.2) is 14.4 Å². The van der Waals surface area contributed by atoms with Crippen molar-refractivity contribution >= 4 is 29.0 Å². The number of amides is 1. The van der Waals surface area contributed by atoms with Crippen LogP contribution in [0.3, 0.4) is 0 Å². The van der Waals surface area contributed by atoms with Gasteiger partial charge in [-0.05, 0) is 37.3 Å². The van der Waals surface area contributed by atoms with Gasteiger partial charge in [0.15, 0.2) is 0 Å².